The number of likely N-dealkylation sites (N-methyl/N-ethyl adjacent to an activating group) is 2. The molecule has 0 bridgehead atoms. The Bertz CT molecular complexity index is 89.1. The van der Waals surface area contributed by atoms with Crippen LogP contribution in [-0.2, 0) is 0 Å². The Kier molecular flexibility index (Phi) is 8.40. The molecule has 1 N–H and O–H groups in total. The molecule has 1 fully saturated rings. The van der Waals surface area contributed by atoms with E-state index in [1.165, 1.54) is 39.3 Å². The van der Waals surface area contributed by atoms with Gasteiger partial charge in [0.25, 0.3) is 0 Å². The number of hydrogen-bond acceptors (Lipinski definition) is 3. The summed E-state index contributed by atoms with van der Waals surface area (Å²) < 4.78 is 0. The molecular weight excluding hydrogens is 164 g/mol. The van der Waals surface area contributed by atoms with Crippen molar-refractivity contribution in [3.8, 4) is 0 Å². The molecular formula is C10H24N2O. The highest BCUT2D eigenvalue weighted by Crippen LogP contribution is 1.99. The summed E-state index contributed by atoms with van der Waals surface area (Å²) in [5.41, 5.74) is 0. The third-order valence-electron chi connectivity index (χ3n) is 2.36. The van der Waals surface area contributed by atoms with Crippen molar-refractivity contribution in [3.05, 3.63) is 0 Å². The van der Waals surface area contributed by atoms with Gasteiger partial charge in [-0.15, -0.1) is 0 Å². The van der Waals surface area contributed by atoms with Crippen LogP contribution in [0.25, 0.3) is 0 Å². The summed E-state index contributed by atoms with van der Waals surface area (Å²) in [7, 11) is 0. The van der Waals surface area contributed by atoms with E-state index in [1.54, 1.807) is 6.92 Å². The van der Waals surface area contributed by atoms with Gasteiger partial charge in [-0.3, -0.25) is 0 Å². The van der Waals surface area contributed by atoms with Gasteiger partial charge in [0.2, 0.25) is 0 Å². The third kappa shape index (κ3) is 6.02. The van der Waals surface area contributed by atoms with Crippen LogP contribution >= 0.6 is 0 Å². The number of aliphatic hydroxyl groups excluding tert-OH is 1. The molecule has 1 heterocycles. The Morgan fingerprint density at radius 3 is 1.23 bits per heavy atom. The van der Waals surface area contributed by atoms with Crippen molar-refractivity contribution >= 4 is 0 Å². The maximum Gasteiger partial charge on any atom is 0.0402 e. The van der Waals surface area contributed by atoms with E-state index in [0.717, 1.165) is 0 Å². The number of hydrogen-bond donors (Lipinski definition) is 1. The first-order chi connectivity index (χ1) is 6.28. The first kappa shape index (κ1) is 12.9. The molecule has 1 rings (SSSR count). The fraction of sp³-hybridized carbons (Fsp3) is 1.00. The molecule has 0 spiro atoms. The van der Waals surface area contributed by atoms with E-state index >= 15 is 0 Å². The van der Waals surface area contributed by atoms with E-state index in [9.17, 15) is 0 Å². The van der Waals surface area contributed by atoms with Crippen molar-refractivity contribution in [1.82, 2.24) is 9.80 Å². The Morgan fingerprint density at radius 1 is 0.846 bits per heavy atom. The number of nitrogens with zero attached hydrogens (tertiary/aromatic N) is 2. The first-order valence-corrected chi connectivity index (χ1v) is 5.33. The molecule has 0 aliphatic carbocycles. The molecule has 0 saturated carbocycles. The maximum absolute atomic E-state index is 7.57. The average molecular weight is 188 g/mol. The molecule has 0 aromatic rings. The lowest BCUT2D eigenvalue weighted by Crippen LogP contribution is -2.45. The molecule has 1 aliphatic rings. The highest BCUT2D eigenvalue weighted by molar-refractivity contribution is 4.69. The third-order valence-corrected chi connectivity index (χ3v) is 2.36. The Labute approximate surface area is 82.3 Å². The monoisotopic (exact) mass is 188 g/mol. The molecule has 3 nitrogen and oxygen atoms in total. The van der Waals surface area contributed by atoms with Gasteiger partial charge in [0, 0.05) is 32.8 Å². The smallest absolute Gasteiger partial charge is 0.0402 e. The summed E-state index contributed by atoms with van der Waals surface area (Å²) >= 11 is 0. The highest BCUT2D eigenvalue weighted by atomic mass is 16.2. The molecule has 80 valence electrons. The van der Waals surface area contributed by atoms with Crippen LogP contribution < -0.4 is 0 Å². The van der Waals surface area contributed by atoms with Crippen molar-refractivity contribution in [2.45, 2.75) is 20.8 Å². The lowest BCUT2D eigenvalue weighted by atomic mass is 10.3. The number of rotatable bonds is 2. The molecule has 0 unspecified atom stereocenters. The quantitative estimate of drug-likeness (QED) is 0.689. The van der Waals surface area contributed by atoms with Gasteiger partial charge >= 0.3 is 0 Å². The van der Waals surface area contributed by atoms with Crippen molar-refractivity contribution in [3.63, 3.8) is 0 Å². The molecule has 0 radical (unpaired) electrons. The van der Waals surface area contributed by atoms with E-state index in [-0.39, 0.29) is 6.61 Å². The summed E-state index contributed by atoms with van der Waals surface area (Å²) in [6, 6.07) is 0. The van der Waals surface area contributed by atoms with Crippen LogP contribution in [0.5, 0.6) is 0 Å². The first-order valence-electron chi connectivity index (χ1n) is 5.33. The van der Waals surface area contributed by atoms with Gasteiger partial charge in [0.05, 0.1) is 0 Å². The van der Waals surface area contributed by atoms with Crippen LogP contribution in [0.2, 0.25) is 0 Å². The zero-order valence-electron chi connectivity index (χ0n) is 9.29. The van der Waals surface area contributed by atoms with Crippen molar-refractivity contribution in [2.24, 2.45) is 0 Å². The van der Waals surface area contributed by atoms with Gasteiger partial charge in [0.15, 0.2) is 0 Å². The minimum Gasteiger partial charge on any atom is -0.397 e. The summed E-state index contributed by atoms with van der Waals surface area (Å²) in [6.45, 7) is 13.9. The average Bonchev–Trinajstić information content (AvgIpc) is 2.19. The predicted octanol–water partition coefficient (Wildman–Crippen LogP) is 0.642. The molecule has 1 aliphatic heterocycles. The molecule has 0 atom stereocenters. The van der Waals surface area contributed by atoms with Gasteiger partial charge in [-0.2, -0.15) is 0 Å². The van der Waals surface area contributed by atoms with Crippen molar-refractivity contribution < 1.29 is 5.11 Å². The van der Waals surface area contributed by atoms with Gasteiger partial charge in [-0.25, -0.2) is 0 Å². The second kappa shape index (κ2) is 8.48. The Morgan fingerprint density at radius 2 is 1.08 bits per heavy atom. The lowest BCUT2D eigenvalue weighted by Gasteiger charge is -2.33. The minimum absolute atomic E-state index is 0.250. The Hall–Kier alpha value is -0.120. The van der Waals surface area contributed by atoms with Gasteiger partial charge in [-0.1, -0.05) is 13.8 Å². The summed E-state index contributed by atoms with van der Waals surface area (Å²) in [5.74, 6) is 0. The maximum atomic E-state index is 7.57. The number of aliphatic hydroxyl groups is 1. The fourth-order valence-corrected chi connectivity index (χ4v) is 1.42. The van der Waals surface area contributed by atoms with E-state index in [1.807, 2.05) is 0 Å². The van der Waals surface area contributed by atoms with Crippen LogP contribution in [-0.4, -0.2) is 60.8 Å². The van der Waals surface area contributed by atoms with Crippen LogP contribution in [0.4, 0.5) is 0 Å². The normalized spacial score (nSPS) is 19.4. The molecule has 0 amide bonds. The van der Waals surface area contributed by atoms with Crippen LogP contribution in [0.3, 0.4) is 0 Å². The largest absolute Gasteiger partial charge is 0.397 e. The Balaban J connectivity index is 0.000000424. The van der Waals surface area contributed by atoms with E-state index in [2.05, 4.69) is 23.6 Å². The van der Waals surface area contributed by atoms with Crippen LogP contribution in [0, 0.1) is 0 Å². The van der Waals surface area contributed by atoms with Gasteiger partial charge < -0.3 is 14.9 Å². The predicted molar refractivity (Wildman–Crippen MR) is 57.0 cm³/mol. The SMILES string of the molecule is CCN1CCN(CC)CC1.CCO. The standard InChI is InChI=1S/C8H18N2.C2H6O/c1-3-9-5-7-10(4-2)8-6-9;1-2-3/h3-8H2,1-2H3;3H,2H2,1H3. The molecule has 13 heavy (non-hydrogen) atoms. The highest BCUT2D eigenvalue weighted by Gasteiger charge is 2.12. The van der Waals surface area contributed by atoms with E-state index < -0.39 is 0 Å². The zero-order chi connectivity index (χ0) is 10.1. The molecule has 1 saturated heterocycles. The number of piperazine rings is 1. The molecule has 0 aromatic heterocycles. The zero-order valence-corrected chi connectivity index (χ0v) is 9.29. The van der Waals surface area contributed by atoms with Gasteiger partial charge in [-0.05, 0) is 20.0 Å². The fourth-order valence-electron chi connectivity index (χ4n) is 1.42. The topological polar surface area (TPSA) is 26.7 Å². The lowest BCUT2D eigenvalue weighted by molar-refractivity contribution is 0.142. The van der Waals surface area contributed by atoms with Gasteiger partial charge in [0.1, 0.15) is 0 Å². The summed E-state index contributed by atoms with van der Waals surface area (Å²) in [5, 5.41) is 7.57. The van der Waals surface area contributed by atoms with Crippen molar-refractivity contribution in [1.29, 1.82) is 0 Å². The minimum atomic E-state index is 0.250. The van der Waals surface area contributed by atoms with Crippen molar-refractivity contribution in [2.75, 3.05) is 45.9 Å². The molecule has 3 heteroatoms. The second-order valence-corrected chi connectivity index (χ2v) is 3.18. The van der Waals surface area contributed by atoms with Crippen LogP contribution in [0.15, 0.2) is 0 Å². The van der Waals surface area contributed by atoms with Crippen LogP contribution in [0.1, 0.15) is 20.8 Å². The summed E-state index contributed by atoms with van der Waals surface area (Å²) in [4.78, 5) is 5.01. The van der Waals surface area contributed by atoms with E-state index in [0.29, 0.717) is 0 Å². The summed E-state index contributed by atoms with van der Waals surface area (Å²) in [6.07, 6.45) is 0. The van der Waals surface area contributed by atoms with E-state index in [4.69, 9.17) is 5.11 Å². The molecule has 0 aromatic carbocycles. The second-order valence-electron chi connectivity index (χ2n) is 3.18.